The standard InChI is InChI=1S/C13H13N/c1-11-7-5-6-10-13(14-11)12-8-3-2-4-9-12/h2-4,6-10H,5H2,1H3. The Kier molecular flexibility index (Phi) is 2.59. The van der Waals surface area contributed by atoms with Gasteiger partial charge in [0.05, 0.1) is 5.71 Å². The fourth-order valence-electron chi connectivity index (χ4n) is 1.46. The predicted octanol–water partition coefficient (Wildman–Crippen LogP) is 3.34. The third kappa shape index (κ3) is 1.99. The summed E-state index contributed by atoms with van der Waals surface area (Å²) in [7, 11) is 0. The zero-order valence-corrected chi connectivity index (χ0v) is 8.27. The molecule has 1 nitrogen and oxygen atoms in total. The van der Waals surface area contributed by atoms with Gasteiger partial charge in [0.1, 0.15) is 0 Å². The molecule has 1 aliphatic rings. The van der Waals surface area contributed by atoms with Crippen molar-refractivity contribution in [2.45, 2.75) is 13.3 Å². The normalized spacial score (nSPS) is 15.8. The Bertz CT molecular complexity index is 397. The number of nitrogens with zero attached hydrogens (tertiary/aromatic N) is 1. The molecule has 0 saturated heterocycles. The lowest BCUT2D eigenvalue weighted by atomic mass is 10.1. The minimum atomic E-state index is 0.978. The Morgan fingerprint density at radius 1 is 1.14 bits per heavy atom. The minimum absolute atomic E-state index is 0.978. The molecule has 0 spiro atoms. The molecule has 0 N–H and O–H groups in total. The van der Waals surface area contributed by atoms with Crippen LogP contribution in [0.15, 0.2) is 59.2 Å². The van der Waals surface area contributed by atoms with Crippen LogP contribution in [-0.4, -0.2) is 5.71 Å². The molecule has 0 fully saturated rings. The van der Waals surface area contributed by atoms with Crippen LogP contribution in [0.1, 0.15) is 18.9 Å². The first-order chi connectivity index (χ1) is 6.86. The maximum Gasteiger partial charge on any atom is 0.0701 e. The molecule has 1 aliphatic heterocycles. The molecule has 0 aliphatic carbocycles. The van der Waals surface area contributed by atoms with Gasteiger partial charge < -0.3 is 0 Å². The molecule has 70 valence electrons. The van der Waals surface area contributed by atoms with E-state index < -0.39 is 0 Å². The van der Waals surface area contributed by atoms with Crippen LogP contribution >= 0.6 is 0 Å². The van der Waals surface area contributed by atoms with Crippen LogP contribution < -0.4 is 0 Å². The van der Waals surface area contributed by atoms with Gasteiger partial charge in [0.25, 0.3) is 0 Å². The van der Waals surface area contributed by atoms with Crippen molar-refractivity contribution >= 4 is 5.71 Å². The van der Waals surface area contributed by atoms with Crippen molar-refractivity contribution in [2.75, 3.05) is 0 Å². The molecule has 2 rings (SSSR count). The fraction of sp³-hybridized carbons (Fsp3) is 0.154. The zero-order chi connectivity index (χ0) is 9.80. The number of benzene rings is 1. The summed E-state index contributed by atoms with van der Waals surface area (Å²) in [6, 6.07) is 10.3. The molecule has 1 aromatic rings. The summed E-state index contributed by atoms with van der Waals surface area (Å²) in [5.74, 6) is 0. The van der Waals surface area contributed by atoms with Gasteiger partial charge in [-0.2, -0.15) is 0 Å². The van der Waals surface area contributed by atoms with E-state index in [4.69, 9.17) is 0 Å². The highest BCUT2D eigenvalue weighted by atomic mass is 14.7. The van der Waals surface area contributed by atoms with Gasteiger partial charge in [0.15, 0.2) is 0 Å². The molecule has 0 saturated carbocycles. The summed E-state index contributed by atoms with van der Waals surface area (Å²) in [6.45, 7) is 2.04. The number of hydrogen-bond donors (Lipinski definition) is 0. The first kappa shape index (κ1) is 8.95. The summed E-state index contributed by atoms with van der Waals surface area (Å²) in [6.07, 6.45) is 7.34. The molecular formula is C13H13N. The molecule has 1 heteroatoms. The molecule has 0 atom stereocenters. The van der Waals surface area contributed by atoms with Crippen molar-refractivity contribution in [3.8, 4) is 0 Å². The van der Waals surface area contributed by atoms with Crippen molar-refractivity contribution in [3.63, 3.8) is 0 Å². The molecule has 0 unspecified atom stereocenters. The fourth-order valence-corrected chi connectivity index (χ4v) is 1.46. The highest BCUT2D eigenvalue weighted by Gasteiger charge is 2.00. The number of rotatable bonds is 1. The SMILES string of the molecule is CC1=CCC=CC(c2ccccc2)=N1. The second kappa shape index (κ2) is 4.05. The van der Waals surface area contributed by atoms with E-state index in [1.165, 1.54) is 5.56 Å². The van der Waals surface area contributed by atoms with Crippen LogP contribution in [0, 0.1) is 0 Å². The Labute approximate surface area is 84.5 Å². The average Bonchev–Trinajstić information content (AvgIpc) is 2.44. The van der Waals surface area contributed by atoms with Gasteiger partial charge in [-0.1, -0.05) is 42.5 Å². The number of aliphatic imine (C=N–C) groups is 1. The quantitative estimate of drug-likeness (QED) is 0.633. The molecule has 14 heavy (non-hydrogen) atoms. The summed E-state index contributed by atoms with van der Waals surface area (Å²) >= 11 is 0. The molecule has 0 amide bonds. The van der Waals surface area contributed by atoms with E-state index in [0.29, 0.717) is 0 Å². The maximum atomic E-state index is 4.54. The first-order valence-electron chi connectivity index (χ1n) is 4.84. The lowest BCUT2D eigenvalue weighted by Crippen LogP contribution is -1.95. The topological polar surface area (TPSA) is 12.4 Å². The Morgan fingerprint density at radius 3 is 2.71 bits per heavy atom. The Balaban J connectivity index is 2.39. The van der Waals surface area contributed by atoms with Crippen molar-refractivity contribution in [1.82, 2.24) is 0 Å². The first-order valence-corrected chi connectivity index (χ1v) is 4.84. The number of hydrogen-bond acceptors (Lipinski definition) is 1. The van der Waals surface area contributed by atoms with E-state index >= 15 is 0 Å². The molecule has 1 heterocycles. The number of allylic oxidation sites excluding steroid dienone is 4. The van der Waals surface area contributed by atoms with Gasteiger partial charge in [-0.15, -0.1) is 0 Å². The van der Waals surface area contributed by atoms with Crippen molar-refractivity contribution in [3.05, 3.63) is 59.8 Å². The van der Waals surface area contributed by atoms with E-state index in [1.54, 1.807) is 0 Å². The lowest BCUT2D eigenvalue weighted by molar-refractivity contribution is 1.25. The largest absolute Gasteiger partial charge is 0.253 e. The smallest absolute Gasteiger partial charge is 0.0701 e. The van der Waals surface area contributed by atoms with Crippen LogP contribution in [0.4, 0.5) is 0 Å². The maximum absolute atomic E-state index is 4.54. The van der Waals surface area contributed by atoms with E-state index in [-0.39, 0.29) is 0 Å². The summed E-state index contributed by atoms with van der Waals surface area (Å²) in [5, 5.41) is 0. The van der Waals surface area contributed by atoms with Crippen LogP contribution in [-0.2, 0) is 0 Å². The van der Waals surface area contributed by atoms with Crippen LogP contribution in [0.3, 0.4) is 0 Å². The van der Waals surface area contributed by atoms with Crippen LogP contribution in [0.2, 0.25) is 0 Å². The monoisotopic (exact) mass is 183 g/mol. The van der Waals surface area contributed by atoms with Gasteiger partial charge in [-0.3, -0.25) is 4.99 Å². The van der Waals surface area contributed by atoms with Crippen molar-refractivity contribution in [2.24, 2.45) is 4.99 Å². The lowest BCUT2D eigenvalue weighted by Gasteiger charge is -2.00. The van der Waals surface area contributed by atoms with Crippen molar-refractivity contribution < 1.29 is 0 Å². The van der Waals surface area contributed by atoms with Gasteiger partial charge >= 0.3 is 0 Å². The molecule has 0 bridgehead atoms. The molecule has 0 radical (unpaired) electrons. The van der Waals surface area contributed by atoms with Crippen LogP contribution in [0.25, 0.3) is 0 Å². The average molecular weight is 183 g/mol. The third-order valence-corrected chi connectivity index (χ3v) is 2.19. The molecule has 1 aromatic carbocycles. The Morgan fingerprint density at radius 2 is 1.93 bits per heavy atom. The van der Waals surface area contributed by atoms with Gasteiger partial charge in [0.2, 0.25) is 0 Å². The third-order valence-electron chi connectivity index (χ3n) is 2.19. The van der Waals surface area contributed by atoms with Crippen LogP contribution in [0.5, 0.6) is 0 Å². The van der Waals surface area contributed by atoms with E-state index in [0.717, 1.165) is 17.8 Å². The predicted molar refractivity (Wildman–Crippen MR) is 60.5 cm³/mol. The second-order valence-electron chi connectivity index (χ2n) is 3.35. The van der Waals surface area contributed by atoms with E-state index in [2.05, 4.69) is 35.4 Å². The molecular weight excluding hydrogens is 170 g/mol. The summed E-state index contributed by atoms with van der Waals surface area (Å²) < 4.78 is 0. The van der Waals surface area contributed by atoms with E-state index in [1.807, 2.05) is 25.1 Å². The van der Waals surface area contributed by atoms with Gasteiger partial charge in [-0.25, -0.2) is 0 Å². The van der Waals surface area contributed by atoms with Gasteiger partial charge in [0, 0.05) is 11.3 Å². The Hall–Kier alpha value is -1.63. The minimum Gasteiger partial charge on any atom is -0.253 e. The highest BCUT2D eigenvalue weighted by Crippen LogP contribution is 2.10. The van der Waals surface area contributed by atoms with Gasteiger partial charge in [-0.05, 0) is 19.4 Å². The zero-order valence-electron chi connectivity index (χ0n) is 8.27. The van der Waals surface area contributed by atoms with Crippen molar-refractivity contribution in [1.29, 1.82) is 0 Å². The summed E-state index contributed by atoms with van der Waals surface area (Å²) in [4.78, 5) is 4.54. The summed E-state index contributed by atoms with van der Waals surface area (Å²) in [5.41, 5.74) is 3.32. The van der Waals surface area contributed by atoms with E-state index in [9.17, 15) is 0 Å². The highest BCUT2D eigenvalue weighted by molar-refractivity contribution is 6.09. The molecule has 0 aromatic heterocycles. The second-order valence-corrected chi connectivity index (χ2v) is 3.35.